The molecule has 6 aromatic rings. The number of para-hydroxylation sites is 1. The third-order valence-corrected chi connectivity index (χ3v) is 5.83. The highest BCUT2D eigenvalue weighted by Crippen LogP contribution is 2.38. The summed E-state index contributed by atoms with van der Waals surface area (Å²) in [6.07, 6.45) is 0. The van der Waals surface area contributed by atoms with E-state index < -0.39 is 0 Å². The molecule has 0 aliphatic rings. The van der Waals surface area contributed by atoms with Gasteiger partial charge in [-0.1, -0.05) is 54.1 Å². The lowest BCUT2D eigenvalue weighted by Crippen LogP contribution is -1.88. The van der Waals surface area contributed by atoms with Crippen LogP contribution in [0.4, 0.5) is 0 Å². The molecule has 0 aliphatic carbocycles. The number of fused-ring (bicyclic) bond motifs is 9. The van der Waals surface area contributed by atoms with Gasteiger partial charge in [0.1, 0.15) is 0 Å². The Labute approximate surface area is 154 Å². The number of aromatic amines is 1. The maximum Gasteiger partial charge on any atom is 0.0569 e. The summed E-state index contributed by atoms with van der Waals surface area (Å²) in [4.78, 5) is 3.60. The van der Waals surface area contributed by atoms with Crippen molar-refractivity contribution in [2.45, 2.75) is 0 Å². The van der Waals surface area contributed by atoms with E-state index in [2.05, 4.69) is 71.2 Å². The van der Waals surface area contributed by atoms with Gasteiger partial charge in [-0.2, -0.15) is 0 Å². The van der Waals surface area contributed by atoms with Crippen molar-refractivity contribution < 1.29 is 0 Å². The van der Waals surface area contributed by atoms with Gasteiger partial charge in [0.15, 0.2) is 0 Å². The first-order valence-electron chi connectivity index (χ1n) is 8.72. The Morgan fingerprint density at radius 2 is 1.42 bits per heavy atom. The van der Waals surface area contributed by atoms with Gasteiger partial charge >= 0.3 is 0 Å². The maximum atomic E-state index is 6.22. The van der Waals surface area contributed by atoms with E-state index in [1.54, 1.807) is 0 Å². The second-order valence-electron chi connectivity index (χ2n) is 6.94. The molecule has 0 aliphatic heterocycles. The molecule has 124 valence electrons. The number of H-pyrrole nitrogens is 1. The van der Waals surface area contributed by atoms with Gasteiger partial charge in [0.2, 0.25) is 0 Å². The second kappa shape index (κ2) is 4.80. The molecule has 0 atom stereocenters. The van der Waals surface area contributed by atoms with Crippen LogP contribution in [0.15, 0.2) is 66.7 Å². The molecule has 6 rings (SSSR count). The molecule has 0 fully saturated rings. The van der Waals surface area contributed by atoms with Gasteiger partial charge in [-0.05, 0) is 24.3 Å². The van der Waals surface area contributed by atoms with Crippen LogP contribution in [0.1, 0.15) is 0 Å². The zero-order valence-corrected chi connectivity index (χ0v) is 14.9. The van der Waals surface area contributed by atoms with Crippen molar-refractivity contribution in [2.75, 3.05) is 0 Å². The normalized spacial score (nSPS) is 12.2. The molecule has 4 aromatic carbocycles. The summed E-state index contributed by atoms with van der Waals surface area (Å²) in [5.74, 6) is 0. The summed E-state index contributed by atoms with van der Waals surface area (Å²) in [7, 11) is 2.15. The summed E-state index contributed by atoms with van der Waals surface area (Å²) in [6.45, 7) is 0. The summed E-state index contributed by atoms with van der Waals surface area (Å²) >= 11 is 6.22. The minimum atomic E-state index is 0.766. The molecule has 0 spiro atoms. The lowest BCUT2D eigenvalue weighted by molar-refractivity contribution is 1.02. The fraction of sp³-hybridized carbons (Fsp3) is 0.0435. The molecule has 2 aromatic heterocycles. The average Bonchev–Trinajstić information content (AvgIpc) is 3.18. The lowest BCUT2D eigenvalue weighted by atomic mass is 10.0. The third kappa shape index (κ3) is 1.67. The summed E-state index contributed by atoms with van der Waals surface area (Å²) in [6, 6.07) is 23.6. The van der Waals surface area contributed by atoms with Crippen LogP contribution < -0.4 is 0 Å². The summed E-state index contributed by atoms with van der Waals surface area (Å²) in [5, 5.41) is 8.27. The highest BCUT2D eigenvalue weighted by Gasteiger charge is 2.14. The van der Waals surface area contributed by atoms with E-state index in [0.717, 1.165) is 10.5 Å². The smallest absolute Gasteiger partial charge is 0.0569 e. The van der Waals surface area contributed by atoms with Gasteiger partial charge in [-0.15, -0.1) is 0 Å². The molecule has 26 heavy (non-hydrogen) atoms. The molecule has 2 nitrogen and oxygen atoms in total. The Morgan fingerprint density at radius 3 is 2.27 bits per heavy atom. The van der Waals surface area contributed by atoms with E-state index in [9.17, 15) is 0 Å². The standard InChI is InChI=1S/C23H15ClN2/c1-26-21-5-3-2-4-14(21)17-9-7-15-18(23(17)26)10-8-16-19-12-13(24)6-11-20(19)25-22(15)16/h2-12,25H,1H3. The zero-order valence-electron chi connectivity index (χ0n) is 14.2. The fourth-order valence-electron chi connectivity index (χ4n) is 4.42. The van der Waals surface area contributed by atoms with Gasteiger partial charge in [0.25, 0.3) is 0 Å². The van der Waals surface area contributed by atoms with Crippen molar-refractivity contribution in [3.05, 3.63) is 71.8 Å². The summed E-state index contributed by atoms with van der Waals surface area (Å²) < 4.78 is 2.30. The van der Waals surface area contributed by atoms with Crippen LogP contribution in [0.3, 0.4) is 0 Å². The molecule has 0 saturated carbocycles. The molecule has 0 bridgehead atoms. The molecular formula is C23H15ClN2. The Bertz CT molecular complexity index is 1500. The monoisotopic (exact) mass is 354 g/mol. The van der Waals surface area contributed by atoms with Crippen molar-refractivity contribution in [3.8, 4) is 0 Å². The van der Waals surface area contributed by atoms with Gasteiger partial charge in [-0.3, -0.25) is 0 Å². The van der Waals surface area contributed by atoms with Gasteiger partial charge in [0.05, 0.1) is 11.0 Å². The van der Waals surface area contributed by atoms with Crippen molar-refractivity contribution in [3.63, 3.8) is 0 Å². The number of rotatable bonds is 0. The van der Waals surface area contributed by atoms with E-state index in [4.69, 9.17) is 11.6 Å². The van der Waals surface area contributed by atoms with E-state index in [1.807, 2.05) is 12.1 Å². The number of halogens is 1. The molecule has 0 unspecified atom stereocenters. The molecule has 1 N–H and O–H groups in total. The van der Waals surface area contributed by atoms with Crippen molar-refractivity contribution in [1.82, 2.24) is 9.55 Å². The molecule has 0 saturated heterocycles. The first kappa shape index (κ1) is 14.2. The quantitative estimate of drug-likeness (QED) is 0.310. The first-order valence-corrected chi connectivity index (χ1v) is 9.10. The van der Waals surface area contributed by atoms with Crippen LogP contribution in [-0.4, -0.2) is 9.55 Å². The van der Waals surface area contributed by atoms with Crippen molar-refractivity contribution >= 4 is 66.0 Å². The maximum absolute atomic E-state index is 6.22. The van der Waals surface area contributed by atoms with Gasteiger partial charge < -0.3 is 9.55 Å². The Morgan fingerprint density at radius 1 is 0.731 bits per heavy atom. The van der Waals surface area contributed by atoms with Crippen LogP contribution in [0.25, 0.3) is 54.4 Å². The van der Waals surface area contributed by atoms with Crippen LogP contribution >= 0.6 is 11.6 Å². The number of hydrogen-bond acceptors (Lipinski definition) is 0. The highest BCUT2D eigenvalue weighted by molar-refractivity contribution is 6.32. The second-order valence-corrected chi connectivity index (χ2v) is 7.37. The van der Waals surface area contributed by atoms with Crippen LogP contribution in [-0.2, 0) is 7.05 Å². The number of nitrogens with zero attached hydrogens (tertiary/aromatic N) is 1. The predicted octanol–water partition coefficient (Wildman–Crippen LogP) is 6.77. The topological polar surface area (TPSA) is 20.7 Å². The molecule has 0 radical (unpaired) electrons. The van der Waals surface area contributed by atoms with Crippen molar-refractivity contribution in [2.24, 2.45) is 7.05 Å². The molecule has 0 amide bonds. The van der Waals surface area contributed by atoms with Crippen molar-refractivity contribution in [1.29, 1.82) is 0 Å². The van der Waals surface area contributed by atoms with E-state index in [0.29, 0.717) is 0 Å². The van der Waals surface area contributed by atoms with Crippen LogP contribution in [0, 0.1) is 0 Å². The zero-order chi connectivity index (χ0) is 17.4. The first-order chi connectivity index (χ1) is 12.7. The molecule has 2 heterocycles. The van der Waals surface area contributed by atoms with E-state index in [1.165, 1.54) is 48.9 Å². The minimum Gasteiger partial charge on any atom is -0.354 e. The number of aryl methyl sites for hydroxylation is 1. The number of nitrogens with one attached hydrogen (secondary N) is 1. The van der Waals surface area contributed by atoms with E-state index in [-0.39, 0.29) is 0 Å². The van der Waals surface area contributed by atoms with Crippen LogP contribution in [0.5, 0.6) is 0 Å². The SMILES string of the molecule is Cn1c2ccccc2c2ccc3c(ccc4c5cc(Cl)ccc5[nH]c43)c21. The predicted molar refractivity (Wildman–Crippen MR) is 112 cm³/mol. The number of hydrogen-bond donors (Lipinski definition) is 1. The highest BCUT2D eigenvalue weighted by atomic mass is 35.5. The molecule has 3 heteroatoms. The van der Waals surface area contributed by atoms with E-state index >= 15 is 0 Å². The Kier molecular flexibility index (Phi) is 2.63. The Balaban J connectivity index is 1.86. The van der Waals surface area contributed by atoms with Gasteiger partial charge in [0, 0.05) is 55.4 Å². The average molecular weight is 355 g/mol. The number of benzene rings is 4. The Hall–Kier alpha value is -2.97. The molecular weight excluding hydrogens is 340 g/mol. The minimum absolute atomic E-state index is 0.766. The van der Waals surface area contributed by atoms with Gasteiger partial charge in [-0.25, -0.2) is 0 Å². The van der Waals surface area contributed by atoms with Crippen LogP contribution in [0.2, 0.25) is 5.02 Å². The lowest BCUT2D eigenvalue weighted by Gasteiger charge is -2.05. The number of aromatic nitrogens is 2. The third-order valence-electron chi connectivity index (χ3n) is 5.59. The largest absolute Gasteiger partial charge is 0.354 e. The fourth-order valence-corrected chi connectivity index (χ4v) is 4.60. The summed E-state index contributed by atoms with van der Waals surface area (Å²) in [5.41, 5.74) is 4.83.